The molecule has 3 aromatic rings. The molecule has 0 saturated heterocycles. The number of hydrogen-bond acceptors (Lipinski definition) is 1. The molecule has 0 aliphatic rings. The zero-order valence-electron chi connectivity index (χ0n) is 12.1. The molecule has 1 nitrogen and oxygen atoms in total. The summed E-state index contributed by atoms with van der Waals surface area (Å²) in [7, 11) is 0. The molecule has 0 atom stereocenters. The third-order valence-electron chi connectivity index (χ3n) is 3.67. The Morgan fingerprint density at radius 2 is 1.71 bits per heavy atom. The molecule has 106 valence electrons. The number of rotatable bonds is 4. The zero-order valence-corrected chi connectivity index (χ0v) is 12.1. The first kappa shape index (κ1) is 13.8. The molecular weight excluding hydrogens is 261 g/mol. The molecule has 0 saturated carbocycles. The molecule has 0 radical (unpaired) electrons. The minimum Gasteiger partial charge on any atom is -0.313 e. The van der Waals surface area contributed by atoms with E-state index in [4.69, 9.17) is 0 Å². The average molecular weight is 279 g/mol. The SMILES string of the molecule is CCNCc1ccc(-c2ccc3ccccc3c2)c(F)c1. The second-order valence-electron chi connectivity index (χ2n) is 5.16. The maximum absolute atomic E-state index is 14.3. The smallest absolute Gasteiger partial charge is 0.131 e. The third-order valence-corrected chi connectivity index (χ3v) is 3.67. The topological polar surface area (TPSA) is 12.0 Å². The Bertz CT molecular complexity index is 764. The van der Waals surface area contributed by atoms with Crippen LogP contribution < -0.4 is 5.32 Å². The summed E-state index contributed by atoms with van der Waals surface area (Å²) in [5.41, 5.74) is 2.54. The number of benzene rings is 3. The van der Waals surface area contributed by atoms with E-state index in [1.165, 1.54) is 5.39 Å². The van der Waals surface area contributed by atoms with Crippen LogP contribution in [0.2, 0.25) is 0 Å². The van der Waals surface area contributed by atoms with Gasteiger partial charge < -0.3 is 5.32 Å². The zero-order chi connectivity index (χ0) is 14.7. The van der Waals surface area contributed by atoms with Crippen LogP contribution in [0.5, 0.6) is 0 Å². The lowest BCUT2D eigenvalue weighted by Crippen LogP contribution is -2.11. The van der Waals surface area contributed by atoms with Gasteiger partial charge in [-0.25, -0.2) is 4.39 Å². The molecule has 3 aromatic carbocycles. The summed E-state index contributed by atoms with van der Waals surface area (Å²) in [6, 6.07) is 19.7. The second kappa shape index (κ2) is 6.06. The van der Waals surface area contributed by atoms with Gasteiger partial charge in [0.1, 0.15) is 5.82 Å². The van der Waals surface area contributed by atoms with E-state index >= 15 is 0 Å². The van der Waals surface area contributed by atoms with Crippen molar-refractivity contribution in [1.29, 1.82) is 0 Å². The quantitative estimate of drug-likeness (QED) is 0.726. The molecule has 2 heteroatoms. The predicted octanol–water partition coefficient (Wildman–Crippen LogP) is 4.76. The van der Waals surface area contributed by atoms with Gasteiger partial charge in [0.15, 0.2) is 0 Å². The minimum atomic E-state index is -0.166. The first-order valence-corrected chi connectivity index (χ1v) is 7.26. The van der Waals surface area contributed by atoms with Crippen molar-refractivity contribution < 1.29 is 4.39 Å². The molecule has 0 aliphatic heterocycles. The largest absolute Gasteiger partial charge is 0.313 e. The Hall–Kier alpha value is -2.19. The fraction of sp³-hybridized carbons (Fsp3) is 0.158. The highest BCUT2D eigenvalue weighted by Crippen LogP contribution is 2.27. The highest BCUT2D eigenvalue weighted by molar-refractivity contribution is 5.87. The van der Waals surface area contributed by atoms with Crippen LogP contribution in [-0.2, 0) is 6.54 Å². The van der Waals surface area contributed by atoms with Gasteiger partial charge in [0.2, 0.25) is 0 Å². The highest BCUT2D eigenvalue weighted by Gasteiger charge is 2.07. The van der Waals surface area contributed by atoms with Gasteiger partial charge >= 0.3 is 0 Å². The normalized spacial score (nSPS) is 11.0. The second-order valence-corrected chi connectivity index (χ2v) is 5.16. The first-order chi connectivity index (χ1) is 10.3. The number of nitrogens with one attached hydrogen (secondary N) is 1. The lowest BCUT2D eigenvalue weighted by molar-refractivity contribution is 0.625. The van der Waals surface area contributed by atoms with Gasteiger partial charge in [0.05, 0.1) is 0 Å². The van der Waals surface area contributed by atoms with Crippen LogP contribution in [-0.4, -0.2) is 6.54 Å². The van der Waals surface area contributed by atoms with Crippen molar-refractivity contribution in [2.75, 3.05) is 6.54 Å². The average Bonchev–Trinajstić information content (AvgIpc) is 2.52. The summed E-state index contributed by atoms with van der Waals surface area (Å²) >= 11 is 0. The summed E-state index contributed by atoms with van der Waals surface area (Å²) < 4.78 is 14.3. The van der Waals surface area contributed by atoms with Crippen LogP contribution in [0.1, 0.15) is 12.5 Å². The highest BCUT2D eigenvalue weighted by atomic mass is 19.1. The van der Waals surface area contributed by atoms with Gasteiger partial charge in [0, 0.05) is 12.1 Å². The van der Waals surface area contributed by atoms with Gasteiger partial charge in [-0.15, -0.1) is 0 Å². The standard InChI is InChI=1S/C19H18FN/c1-2-21-13-14-7-10-18(19(20)11-14)17-9-8-15-5-3-4-6-16(15)12-17/h3-12,21H,2,13H2,1H3. The van der Waals surface area contributed by atoms with E-state index in [0.29, 0.717) is 12.1 Å². The Kier molecular flexibility index (Phi) is 3.98. The number of halogens is 1. The lowest BCUT2D eigenvalue weighted by Gasteiger charge is -2.08. The van der Waals surface area contributed by atoms with Crippen molar-refractivity contribution in [3.63, 3.8) is 0 Å². The molecule has 0 amide bonds. The van der Waals surface area contributed by atoms with E-state index < -0.39 is 0 Å². The van der Waals surface area contributed by atoms with E-state index in [0.717, 1.165) is 23.1 Å². The molecule has 3 rings (SSSR count). The van der Waals surface area contributed by atoms with Crippen LogP contribution in [0.25, 0.3) is 21.9 Å². The fourth-order valence-electron chi connectivity index (χ4n) is 2.53. The summed E-state index contributed by atoms with van der Waals surface area (Å²) in [5, 5.41) is 5.51. The number of hydrogen-bond donors (Lipinski definition) is 1. The van der Waals surface area contributed by atoms with Crippen molar-refractivity contribution in [3.05, 3.63) is 72.0 Å². The van der Waals surface area contributed by atoms with Crippen molar-refractivity contribution in [2.45, 2.75) is 13.5 Å². The fourth-order valence-corrected chi connectivity index (χ4v) is 2.53. The maximum atomic E-state index is 14.3. The van der Waals surface area contributed by atoms with Gasteiger partial charge in [0.25, 0.3) is 0 Å². The van der Waals surface area contributed by atoms with Crippen LogP contribution in [0, 0.1) is 5.82 Å². The monoisotopic (exact) mass is 279 g/mol. The molecule has 0 heterocycles. The molecular formula is C19H18FN. The molecule has 0 aromatic heterocycles. The van der Waals surface area contributed by atoms with Gasteiger partial charge in [-0.3, -0.25) is 0 Å². The molecule has 1 N–H and O–H groups in total. The Labute approximate surface area is 124 Å². The molecule has 0 spiro atoms. The maximum Gasteiger partial charge on any atom is 0.131 e. The molecule has 0 unspecified atom stereocenters. The third kappa shape index (κ3) is 2.96. The summed E-state index contributed by atoms with van der Waals surface area (Å²) in [4.78, 5) is 0. The van der Waals surface area contributed by atoms with E-state index in [-0.39, 0.29) is 5.82 Å². The van der Waals surface area contributed by atoms with E-state index in [1.54, 1.807) is 6.07 Å². The van der Waals surface area contributed by atoms with E-state index in [1.807, 2.05) is 49.4 Å². The van der Waals surface area contributed by atoms with Crippen LogP contribution >= 0.6 is 0 Å². The van der Waals surface area contributed by atoms with Crippen molar-refractivity contribution in [1.82, 2.24) is 5.32 Å². The van der Waals surface area contributed by atoms with Gasteiger partial charge in [-0.2, -0.15) is 0 Å². The summed E-state index contributed by atoms with van der Waals surface area (Å²) in [6.45, 7) is 3.62. The van der Waals surface area contributed by atoms with Crippen molar-refractivity contribution >= 4 is 10.8 Å². The Morgan fingerprint density at radius 1 is 0.905 bits per heavy atom. The first-order valence-electron chi connectivity index (χ1n) is 7.26. The molecule has 0 aliphatic carbocycles. The lowest BCUT2D eigenvalue weighted by atomic mass is 10.00. The Balaban J connectivity index is 1.98. The predicted molar refractivity (Wildman–Crippen MR) is 86.7 cm³/mol. The van der Waals surface area contributed by atoms with Crippen LogP contribution in [0.15, 0.2) is 60.7 Å². The molecule has 21 heavy (non-hydrogen) atoms. The van der Waals surface area contributed by atoms with Gasteiger partial charge in [-0.1, -0.05) is 55.5 Å². The van der Waals surface area contributed by atoms with E-state index in [9.17, 15) is 4.39 Å². The van der Waals surface area contributed by atoms with Gasteiger partial charge in [-0.05, 0) is 40.6 Å². The molecule has 0 fully saturated rings. The van der Waals surface area contributed by atoms with E-state index in [2.05, 4.69) is 17.4 Å². The summed E-state index contributed by atoms with van der Waals surface area (Å²) in [5.74, 6) is -0.166. The van der Waals surface area contributed by atoms with Crippen molar-refractivity contribution in [2.24, 2.45) is 0 Å². The van der Waals surface area contributed by atoms with Crippen molar-refractivity contribution in [3.8, 4) is 11.1 Å². The van der Waals surface area contributed by atoms with Crippen LogP contribution in [0.4, 0.5) is 4.39 Å². The number of fused-ring (bicyclic) bond motifs is 1. The molecule has 0 bridgehead atoms. The Morgan fingerprint density at radius 3 is 2.48 bits per heavy atom. The minimum absolute atomic E-state index is 0.166. The summed E-state index contributed by atoms with van der Waals surface area (Å²) in [6.07, 6.45) is 0. The van der Waals surface area contributed by atoms with Crippen LogP contribution in [0.3, 0.4) is 0 Å².